The van der Waals surface area contributed by atoms with E-state index < -0.39 is 69.1 Å². The minimum absolute atomic E-state index is 0.0121. The van der Waals surface area contributed by atoms with Crippen LogP contribution in [-0.2, 0) is 53.8 Å². The van der Waals surface area contributed by atoms with E-state index in [9.17, 15) is 22.6 Å². The lowest BCUT2D eigenvalue weighted by molar-refractivity contribution is -0.145. The molecule has 2 saturated heterocycles. The monoisotopic (exact) mass is 931 g/mol. The molecule has 3 aromatic carbocycles. The molecule has 346 valence electrons. The van der Waals surface area contributed by atoms with Crippen molar-refractivity contribution in [2.75, 3.05) is 53.2 Å². The molecule has 7 atom stereocenters. The van der Waals surface area contributed by atoms with E-state index in [1.54, 1.807) is 86.8 Å². The number of esters is 1. The second-order valence-electron chi connectivity index (χ2n) is 16.0. The van der Waals surface area contributed by atoms with Crippen molar-refractivity contribution in [1.82, 2.24) is 14.9 Å². The van der Waals surface area contributed by atoms with Crippen LogP contribution in [-0.4, -0.2) is 111 Å². The van der Waals surface area contributed by atoms with Gasteiger partial charge in [-0.2, -0.15) is 4.31 Å². The molecule has 2 N–H and O–H groups in total. The molecule has 0 aliphatic carbocycles. The van der Waals surface area contributed by atoms with E-state index in [1.165, 1.54) is 4.31 Å². The lowest BCUT2D eigenvalue weighted by Crippen LogP contribution is -2.58. The van der Waals surface area contributed by atoms with Crippen LogP contribution in [0, 0.1) is 5.92 Å². The van der Waals surface area contributed by atoms with Crippen LogP contribution in [0.3, 0.4) is 0 Å². The number of nitrogens with one attached hydrogen (secondary N) is 2. The summed E-state index contributed by atoms with van der Waals surface area (Å²) in [7, 11) is -8.88. The summed E-state index contributed by atoms with van der Waals surface area (Å²) in [4.78, 5) is 26.3. The van der Waals surface area contributed by atoms with Crippen molar-refractivity contribution in [3.05, 3.63) is 83.9 Å². The maximum atomic E-state index is 14.4. The first-order chi connectivity index (χ1) is 30.3. The highest BCUT2D eigenvalue weighted by atomic mass is 32.2. The van der Waals surface area contributed by atoms with Gasteiger partial charge >= 0.3 is 19.7 Å². The average molecular weight is 932 g/mol. The van der Waals surface area contributed by atoms with Crippen LogP contribution in [0.1, 0.15) is 58.1 Å². The first kappa shape index (κ1) is 48.6. The number of nitrogens with zero attached hydrogens (tertiary/aromatic N) is 1. The maximum Gasteiger partial charge on any atom is 0.411 e. The fourth-order valence-electron chi connectivity index (χ4n) is 8.28. The molecule has 2 fully saturated rings. The third-order valence-electron chi connectivity index (χ3n) is 12.1. The Morgan fingerprint density at radius 2 is 1.70 bits per heavy atom. The molecule has 0 saturated carbocycles. The first-order valence-corrected chi connectivity index (χ1v) is 27.3. The molecule has 3 aromatic rings. The molecule has 0 radical (unpaired) electrons. The number of methoxy groups -OCH3 is 1. The predicted molar refractivity (Wildman–Crippen MR) is 238 cm³/mol. The number of sulfonamides is 1. The van der Waals surface area contributed by atoms with Crippen molar-refractivity contribution in [3.8, 4) is 11.5 Å². The number of ether oxygens (including phenoxy) is 5. The molecule has 63 heavy (non-hydrogen) atoms. The van der Waals surface area contributed by atoms with E-state index >= 15 is 0 Å². The molecular formula is C44H62N3O13PSSi. The highest BCUT2D eigenvalue weighted by Crippen LogP contribution is 2.47. The Morgan fingerprint density at radius 3 is 2.38 bits per heavy atom. The van der Waals surface area contributed by atoms with Crippen LogP contribution in [0.5, 0.6) is 11.5 Å². The van der Waals surface area contributed by atoms with Gasteiger partial charge in [-0.3, -0.25) is 4.52 Å². The molecule has 0 spiro atoms. The number of para-hydroxylation sites is 1. The molecule has 16 nitrogen and oxygen atoms in total. The van der Waals surface area contributed by atoms with E-state index in [4.69, 9.17) is 37.2 Å². The van der Waals surface area contributed by atoms with E-state index in [0.717, 1.165) is 23.7 Å². The number of carbonyl (C=O) groups is 2. The van der Waals surface area contributed by atoms with Gasteiger partial charge < -0.3 is 43.3 Å². The zero-order valence-corrected chi connectivity index (χ0v) is 39.7. The van der Waals surface area contributed by atoms with Gasteiger partial charge in [-0.25, -0.2) is 22.6 Å². The van der Waals surface area contributed by atoms with Crippen LogP contribution in [0.2, 0.25) is 18.1 Å². The van der Waals surface area contributed by atoms with E-state index in [-0.39, 0.29) is 54.9 Å². The minimum atomic E-state index is -4.04. The molecular weight excluding hydrogens is 870 g/mol. The van der Waals surface area contributed by atoms with Crippen molar-refractivity contribution in [1.29, 1.82) is 0 Å². The van der Waals surface area contributed by atoms with Crippen LogP contribution < -0.4 is 25.2 Å². The number of fused-ring (bicyclic) bond motifs is 2. The molecule has 1 amide bonds. The van der Waals surface area contributed by atoms with E-state index in [1.807, 2.05) is 6.92 Å². The lowest BCUT2D eigenvalue weighted by atomic mass is 10.00. The Morgan fingerprint density at radius 1 is 0.968 bits per heavy atom. The van der Waals surface area contributed by atoms with Gasteiger partial charge in [0, 0.05) is 26.2 Å². The largest absolute Gasteiger partial charge is 0.497 e. The summed E-state index contributed by atoms with van der Waals surface area (Å²) >= 11 is 0. The smallest absolute Gasteiger partial charge is 0.411 e. The molecule has 3 aliphatic rings. The van der Waals surface area contributed by atoms with Gasteiger partial charge in [0.05, 0.1) is 55.2 Å². The highest BCUT2D eigenvalue weighted by Gasteiger charge is 2.45. The van der Waals surface area contributed by atoms with Crippen molar-refractivity contribution in [3.63, 3.8) is 0 Å². The number of rotatable bonds is 22. The van der Waals surface area contributed by atoms with Crippen LogP contribution in [0.15, 0.2) is 77.7 Å². The van der Waals surface area contributed by atoms with Gasteiger partial charge in [0.15, 0.2) is 21.2 Å². The zero-order chi connectivity index (χ0) is 45.2. The number of carbonyl (C=O) groups excluding carboxylic acids is 2. The Balaban J connectivity index is 1.25. The molecule has 0 aromatic heterocycles. The summed E-state index contributed by atoms with van der Waals surface area (Å²) in [5.74, 6) is -0.00907. The molecule has 3 aliphatic heterocycles. The van der Waals surface area contributed by atoms with Gasteiger partial charge in [0.25, 0.3) is 0 Å². The number of hydrogen-bond acceptors (Lipinski definition) is 14. The summed E-state index contributed by atoms with van der Waals surface area (Å²) in [5.41, 5.74) is 1.48. The Labute approximate surface area is 372 Å². The van der Waals surface area contributed by atoms with Crippen molar-refractivity contribution in [2.24, 2.45) is 5.92 Å². The quantitative estimate of drug-likeness (QED) is 0.0648. The van der Waals surface area contributed by atoms with Crippen LogP contribution >= 0.6 is 7.60 Å². The minimum Gasteiger partial charge on any atom is -0.497 e. The van der Waals surface area contributed by atoms with Crippen molar-refractivity contribution < 1.29 is 59.7 Å². The predicted octanol–water partition coefficient (Wildman–Crippen LogP) is 6.32. The summed E-state index contributed by atoms with van der Waals surface area (Å²) in [6, 6.07) is 22.0. The Hall–Kier alpha value is -3.84. The summed E-state index contributed by atoms with van der Waals surface area (Å²) in [6.07, 6.45) is -1.63. The first-order valence-electron chi connectivity index (χ1n) is 21.8. The highest BCUT2D eigenvalue weighted by molar-refractivity contribution is 7.89. The fraction of sp³-hybridized carbons (Fsp3) is 0.545. The second-order valence-corrected chi connectivity index (χ2v) is 24.6. The van der Waals surface area contributed by atoms with Gasteiger partial charge in [-0.1, -0.05) is 58.0 Å². The number of amides is 1. The van der Waals surface area contributed by atoms with Gasteiger partial charge in [0.2, 0.25) is 10.0 Å². The summed E-state index contributed by atoms with van der Waals surface area (Å²) in [5, 5.41) is 6.77. The average Bonchev–Trinajstić information content (AvgIpc) is 3.92. The third-order valence-corrected chi connectivity index (χ3v) is 20.6. The van der Waals surface area contributed by atoms with Gasteiger partial charge in [0.1, 0.15) is 17.6 Å². The van der Waals surface area contributed by atoms with Crippen molar-refractivity contribution >= 4 is 43.3 Å². The van der Waals surface area contributed by atoms with Crippen LogP contribution in [0.4, 0.5) is 4.79 Å². The number of alkyl carbamates (subject to hydrolysis) is 1. The second kappa shape index (κ2) is 21.9. The third kappa shape index (κ3) is 11.9. The number of benzene rings is 3. The van der Waals surface area contributed by atoms with Crippen molar-refractivity contribution in [2.45, 2.75) is 101 Å². The van der Waals surface area contributed by atoms with E-state index in [2.05, 4.69) is 31.4 Å². The molecule has 6 rings (SSSR count). The Bertz CT molecular complexity index is 2140. The fourth-order valence-corrected chi connectivity index (χ4v) is 14.5. The Kier molecular flexibility index (Phi) is 16.9. The van der Waals surface area contributed by atoms with Crippen LogP contribution in [0.25, 0.3) is 0 Å². The standard InChI is InChI=1S/C44H62N3O13PSSi/c1-7-54-42(48)30-57-61(50,59-33-14-12-11-13-15-33)35-19-16-32(17-20-35)25-45-26-38(46-44(49)58-40-29-56-43-36(40)22-23-55-43)39(60-63(8-2,9-3)10-4)28-47-27-31(5)37-24-34(53-6)18-21-41(37)62(47,51)52/h11-21,24,31,36,38-40,43,45H,7-10,22-23,25-30H2,1-6H3,(H,46,49)/t31?,36-,38-,39+,40-,43+,61?/m0/s1. The number of hydrogen-bond donors (Lipinski definition) is 2. The maximum absolute atomic E-state index is 14.4. The van der Waals surface area contributed by atoms with Gasteiger partial charge in [-0.05, 0) is 91.0 Å². The zero-order valence-electron chi connectivity index (χ0n) is 37.0. The van der Waals surface area contributed by atoms with Gasteiger partial charge in [-0.15, -0.1) is 0 Å². The molecule has 0 bridgehead atoms. The normalized spacial score (nSPS) is 22.5. The summed E-state index contributed by atoms with van der Waals surface area (Å²) in [6.45, 7) is 10.9. The SMILES string of the molecule is CCOC(=O)COP(=O)(Oc1ccccc1)c1ccc(CNC[C@H](NC(=O)O[C@H]2CO[C@H]3OCC[C@H]32)[C@@H](CN2CC(C)c3cc(OC)ccc3S2(=O)=O)O[Si](CC)(CC)CC)cc1. The lowest BCUT2D eigenvalue weighted by Gasteiger charge is -2.41. The molecule has 2 unspecified atom stereocenters. The topological polar surface area (TPSA) is 186 Å². The van der Waals surface area contributed by atoms with E-state index in [0.29, 0.717) is 36.6 Å². The summed E-state index contributed by atoms with van der Waals surface area (Å²) < 4.78 is 90.8. The molecule has 3 heterocycles. The molecule has 19 heteroatoms.